The lowest BCUT2D eigenvalue weighted by atomic mass is 9.99. The fraction of sp³-hybridized carbons (Fsp3) is 0.167. The first-order valence-electron chi connectivity index (χ1n) is 9.72. The summed E-state index contributed by atoms with van der Waals surface area (Å²) in [6, 6.07) is 14.0. The molecule has 0 unspecified atom stereocenters. The number of carboxylic acid groups (broad SMARTS) is 1. The van der Waals surface area contributed by atoms with Crippen molar-refractivity contribution in [3.8, 4) is 5.75 Å². The zero-order chi connectivity index (χ0) is 22.0. The van der Waals surface area contributed by atoms with Gasteiger partial charge in [0, 0.05) is 16.1 Å². The van der Waals surface area contributed by atoms with Gasteiger partial charge in [-0.15, -0.1) is 0 Å². The standard InChI is InChI=1S/C24H18ClF2NO3/c25-15-10-11-22(31-13-14-4-1-7-19(26)23(14)27)18(12-15)16-5-2-6-17(16)20-8-3-9-21(28-20)24(29)30/h1,3-4,7-12H,2,5-6,13H2,(H,29,30). The zero-order valence-electron chi connectivity index (χ0n) is 16.4. The number of carboxylic acids is 1. The molecule has 1 N–H and O–H groups in total. The predicted octanol–water partition coefficient (Wildman–Crippen LogP) is 6.39. The van der Waals surface area contributed by atoms with Gasteiger partial charge in [-0.25, -0.2) is 18.6 Å². The van der Waals surface area contributed by atoms with Crippen molar-refractivity contribution in [1.82, 2.24) is 4.98 Å². The van der Waals surface area contributed by atoms with Crippen molar-refractivity contribution in [2.24, 2.45) is 0 Å². The van der Waals surface area contributed by atoms with Gasteiger partial charge in [0.1, 0.15) is 18.1 Å². The number of aromatic carboxylic acids is 1. The van der Waals surface area contributed by atoms with E-state index in [0.717, 1.165) is 42.0 Å². The number of halogens is 3. The van der Waals surface area contributed by atoms with Crippen LogP contribution in [0.2, 0.25) is 5.02 Å². The van der Waals surface area contributed by atoms with Crippen LogP contribution in [0, 0.1) is 11.6 Å². The molecule has 0 aliphatic heterocycles. The van der Waals surface area contributed by atoms with Gasteiger partial charge in [0.15, 0.2) is 11.6 Å². The lowest BCUT2D eigenvalue weighted by Crippen LogP contribution is -2.03. The summed E-state index contributed by atoms with van der Waals surface area (Å²) in [5.74, 6) is -2.47. The van der Waals surface area contributed by atoms with Gasteiger partial charge in [-0.05, 0) is 66.8 Å². The van der Waals surface area contributed by atoms with Crippen molar-refractivity contribution in [2.45, 2.75) is 25.9 Å². The zero-order valence-corrected chi connectivity index (χ0v) is 17.1. The number of aromatic nitrogens is 1. The summed E-state index contributed by atoms with van der Waals surface area (Å²) < 4.78 is 33.4. The second kappa shape index (κ2) is 8.86. The Morgan fingerprint density at radius 3 is 2.65 bits per heavy atom. The van der Waals surface area contributed by atoms with Gasteiger partial charge in [-0.1, -0.05) is 29.8 Å². The molecule has 3 aromatic rings. The van der Waals surface area contributed by atoms with Crippen LogP contribution in [0.15, 0.2) is 54.6 Å². The first-order valence-corrected chi connectivity index (χ1v) is 10.1. The SMILES string of the molecule is O=C(O)c1cccc(C2=C(c3cc(Cl)ccc3OCc3cccc(F)c3F)CCC2)n1. The fourth-order valence-electron chi connectivity index (χ4n) is 3.72. The van der Waals surface area contributed by atoms with Crippen molar-refractivity contribution in [2.75, 3.05) is 0 Å². The number of benzene rings is 2. The van der Waals surface area contributed by atoms with Gasteiger partial charge < -0.3 is 9.84 Å². The minimum atomic E-state index is -1.09. The van der Waals surface area contributed by atoms with E-state index in [4.69, 9.17) is 16.3 Å². The Balaban J connectivity index is 1.72. The van der Waals surface area contributed by atoms with E-state index < -0.39 is 17.6 Å². The number of hydrogen-bond acceptors (Lipinski definition) is 3. The summed E-state index contributed by atoms with van der Waals surface area (Å²) in [6.45, 7) is -0.145. The van der Waals surface area contributed by atoms with E-state index in [0.29, 0.717) is 16.5 Å². The molecule has 4 rings (SSSR count). The highest BCUT2D eigenvalue weighted by molar-refractivity contribution is 6.30. The van der Waals surface area contributed by atoms with E-state index in [9.17, 15) is 18.7 Å². The van der Waals surface area contributed by atoms with Crippen LogP contribution in [0.4, 0.5) is 8.78 Å². The van der Waals surface area contributed by atoms with Crippen LogP contribution in [-0.2, 0) is 6.61 Å². The summed E-state index contributed by atoms with van der Waals surface area (Å²) >= 11 is 6.24. The molecular formula is C24H18ClF2NO3. The summed E-state index contributed by atoms with van der Waals surface area (Å²) in [5.41, 5.74) is 3.28. The van der Waals surface area contributed by atoms with E-state index in [1.807, 2.05) is 0 Å². The third kappa shape index (κ3) is 4.44. The van der Waals surface area contributed by atoms with Gasteiger partial charge >= 0.3 is 5.97 Å². The summed E-state index contributed by atoms with van der Waals surface area (Å²) in [6.07, 6.45) is 2.34. The maximum atomic E-state index is 14.0. The Morgan fingerprint density at radius 1 is 1.06 bits per heavy atom. The van der Waals surface area contributed by atoms with Crippen LogP contribution in [0.1, 0.15) is 46.6 Å². The van der Waals surface area contributed by atoms with Crippen LogP contribution >= 0.6 is 11.6 Å². The summed E-state index contributed by atoms with van der Waals surface area (Å²) in [5, 5.41) is 9.77. The number of nitrogens with zero attached hydrogens (tertiary/aromatic N) is 1. The molecule has 0 saturated carbocycles. The summed E-state index contributed by atoms with van der Waals surface area (Å²) in [7, 11) is 0. The van der Waals surface area contributed by atoms with Gasteiger partial charge in [0.2, 0.25) is 0 Å². The summed E-state index contributed by atoms with van der Waals surface area (Å²) in [4.78, 5) is 15.6. The molecule has 0 spiro atoms. The highest BCUT2D eigenvalue weighted by Gasteiger charge is 2.23. The molecule has 4 nitrogen and oxygen atoms in total. The molecule has 1 aliphatic rings. The molecule has 2 aromatic carbocycles. The molecule has 31 heavy (non-hydrogen) atoms. The maximum Gasteiger partial charge on any atom is 0.354 e. The number of allylic oxidation sites excluding steroid dienone is 2. The van der Waals surface area contributed by atoms with E-state index >= 15 is 0 Å². The molecule has 0 radical (unpaired) electrons. The van der Waals surface area contributed by atoms with Crippen LogP contribution in [0.25, 0.3) is 11.1 Å². The van der Waals surface area contributed by atoms with Crippen LogP contribution in [0.3, 0.4) is 0 Å². The smallest absolute Gasteiger partial charge is 0.354 e. The molecule has 7 heteroatoms. The highest BCUT2D eigenvalue weighted by Crippen LogP contribution is 2.43. The lowest BCUT2D eigenvalue weighted by Gasteiger charge is -2.15. The molecular weight excluding hydrogens is 424 g/mol. The highest BCUT2D eigenvalue weighted by atomic mass is 35.5. The largest absolute Gasteiger partial charge is 0.488 e. The minimum Gasteiger partial charge on any atom is -0.488 e. The predicted molar refractivity (Wildman–Crippen MR) is 114 cm³/mol. The van der Waals surface area contributed by atoms with Crippen molar-refractivity contribution in [3.05, 3.63) is 93.8 Å². The van der Waals surface area contributed by atoms with Gasteiger partial charge in [-0.3, -0.25) is 0 Å². The fourth-order valence-corrected chi connectivity index (χ4v) is 3.90. The monoisotopic (exact) mass is 441 g/mol. The Labute approximate surface area is 182 Å². The second-order valence-corrected chi connectivity index (χ2v) is 7.60. The van der Waals surface area contributed by atoms with Crippen LogP contribution < -0.4 is 4.74 Å². The van der Waals surface area contributed by atoms with Gasteiger partial charge in [-0.2, -0.15) is 0 Å². The first kappa shape index (κ1) is 21.0. The number of hydrogen-bond donors (Lipinski definition) is 1. The average molecular weight is 442 g/mol. The van der Waals surface area contributed by atoms with Crippen molar-refractivity contribution < 1.29 is 23.4 Å². The van der Waals surface area contributed by atoms with E-state index in [1.54, 1.807) is 30.3 Å². The quantitative estimate of drug-likeness (QED) is 0.481. The Kier molecular flexibility index (Phi) is 6.00. The Hall–Kier alpha value is -3.25. The van der Waals surface area contributed by atoms with E-state index in [2.05, 4.69) is 4.98 Å². The third-order valence-corrected chi connectivity index (χ3v) is 5.41. The van der Waals surface area contributed by atoms with Crippen molar-refractivity contribution in [1.29, 1.82) is 0 Å². The van der Waals surface area contributed by atoms with Crippen LogP contribution in [-0.4, -0.2) is 16.1 Å². The molecule has 1 aromatic heterocycles. The Bertz CT molecular complexity index is 1190. The normalized spacial score (nSPS) is 13.5. The first-order chi connectivity index (χ1) is 14.9. The molecule has 0 atom stereocenters. The molecule has 0 saturated heterocycles. The number of ether oxygens (including phenoxy) is 1. The average Bonchev–Trinajstić information content (AvgIpc) is 3.25. The number of carbonyl (C=O) groups is 1. The molecule has 0 fully saturated rings. The van der Waals surface area contributed by atoms with Crippen molar-refractivity contribution >= 4 is 28.7 Å². The lowest BCUT2D eigenvalue weighted by molar-refractivity contribution is 0.0690. The minimum absolute atomic E-state index is 0.0274. The Morgan fingerprint density at radius 2 is 1.84 bits per heavy atom. The van der Waals surface area contributed by atoms with Crippen LogP contribution in [0.5, 0.6) is 5.75 Å². The third-order valence-electron chi connectivity index (χ3n) is 5.18. The number of rotatable bonds is 6. The maximum absolute atomic E-state index is 14.0. The second-order valence-electron chi connectivity index (χ2n) is 7.17. The molecule has 1 aliphatic carbocycles. The van der Waals surface area contributed by atoms with Gasteiger partial charge in [0.25, 0.3) is 0 Å². The van der Waals surface area contributed by atoms with E-state index in [1.165, 1.54) is 18.2 Å². The van der Waals surface area contributed by atoms with Gasteiger partial charge in [0.05, 0.1) is 5.69 Å². The number of pyridine rings is 1. The molecule has 158 valence electrons. The topological polar surface area (TPSA) is 59.4 Å². The molecule has 0 bridgehead atoms. The van der Waals surface area contributed by atoms with E-state index in [-0.39, 0.29) is 17.9 Å². The van der Waals surface area contributed by atoms with Crippen molar-refractivity contribution in [3.63, 3.8) is 0 Å². The molecule has 0 amide bonds. The molecule has 1 heterocycles.